The van der Waals surface area contributed by atoms with Crippen LogP contribution in [0, 0.1) is 0 Å². The van der Waals surface area contributed by atoms with E-state index in [2.05, 4.69) is 4.74 Å². The Labute approximate surface area is 95.2 Å². The van der Waals surface area contributed by atoms with Gasteiger partial charge in [0.15, 0.2) is 0 Å². The molecule has 0 aliphatic heterocycles. The van der Waals surface area contributed by atoms with Crippen LogP contribution in [0.5, 0.6) is 5.75 Å². The number of rotatable bonds is 5. The first kappa shape index (κ1) is 13.5. The summed E-state index contributed by atoms with van der Waals surface area (Å²) in [5.74, 6) is -0.921. The van der Waals surface area contributed by atoms with E-state index in [4.69, 9.17) is 0 Å². The van der Waals surface area contributed by atoms with E-state index in [1.54, 1.807) is 0 Å². The van der Waals surface area contributed by atoms with E-state index in [1.165, 1.54) is 19.1 Å². The van der Waals surface area contributed by atoms with E-state index >= 15 is 0 Å². The Hall–Kier alpha value is -1.59. The molecule has 2 nitrogen and oxygen atoms in total. The summed E-state index contributed by atoms with van der Waals surface area (Å²) in [6, 6.07) is 3.61. The highest BCUT2D eigenvalue weighted by Crippen LogP contribution is 2.33. The van der Waals surface area contributed by atoms with Gasteiger partial charge in [-0.3, -0.25) is 4.79 Å². The smallest absolute Gasteiger partial charge is 0.387 e. The third-order valence-corrected chi connectivity index (χ3v) is 2.03. The highest BCUT2D eigenvalue weighted by atomic mass is 19.3. The van der Waals surface area contributed by atoms with Crippen LogP contribution in [0.1, 0.15) is 24.5 Å². The summed E-state index contributed by atoms with van der Waals surface area (Å²) in [5.41, 5.74) is -0.645. The van der Waals surface area contributed by atoms with Gasteiger partial charge in [0.2, 0.25) is 0 Å². The van der Waals surface area contributed by atoms with Crippen LogP contribution >= 0.6 is 0 Å². The Morgan fingerprint density at radius 2 is 1.94 bits per heavy atom. The quantitative estimate of drug-likeness (QED) is 0.749. The van der Waals surface area contributed by atoms with Gasteiger partial charge in [-0.1, -0.05) is 12.1 Å². The lowest BCUT2D eigenvalue weighted by Crippen LogP contribution is -2.08. The fourth-order valence-electron chi connectivity index (χ4n) is 1.46. The van der Waals surface area contributed by atoms with Gasteiger partial charge in [-0.15, -0.1) is 0 Å². The van der Waals surface area contributed by atoms with E-state index in [9.17, 15) is 22.4 Å². The van der Waals surface area contributed by atoms with Crippen molar-refractivity contribution in [3.8, 4) is 5.75 Å². The molecule has 0 spiro atoms. The summed E-state index contributed by atoms with van der Waals surface area (Å²) in [4.78, 5) is 10.9. The molecule has 0 atom stereocenters. The number of alkyl halides is 4. The summed E-state index contributed by atoms with van der Waals surface area (Å²) in [6.07, 6.45) is -3.21. The van der Waals surface area contributed by atoms with Crippen molar-refractivity contribution in [2.75, 3.05) is 0 Å². The van der Waals surface area contributed by atoms with E-state index in [-0.39, 0.29) is 17.8 Å². The number of carbonyl (C=O) groups is 1. The van der Waals surface area contributed by atoms with Crippen molar-refractivity contribution in [1.29, 1.82) is 0 Å². The predicted molar refractivity (Wildman–Crippen MR) is 52.4 cm³/mol. The summed E-state index contributed by atoms with van der Waals surface area (Å²) < 4.78 is 53.6. The maximum atomic E-state index is 12.8. The zero-order valence-electron chi connectivity index (χ0n) is 8.92. The molecule has 0 saturated carbocycles. The van der Waals surface area contributed by atoms with Gasteiger partial charge in [0.25, 0.3) is 6.43 Å². The first-order valence-electron chi connectivity index (χ1n) is 4.76. The normalized spacial score (nSPS) is 11.0. The second kappa shape index (κ2) is 5.65. The van der Waals surface area contributed by atoms with Gasteiger partial charge in [0.1, 0.15) is 11.5 Å². The van der Waals surface area contributed by atoms with Crippen molar-refractivity contribution in [2.24, 2.45) is 0 Å². The maximum Gasteiger partial charge on any atom is 0.387 e. The number of hydrogen-bond donors (Lipinski definition) is 0. The lowest BCUT2D eigenvalue weighted by molar-refractivity contribution is -0.116. The molecule has 0 fully saturated rings. The summed E-state index contributed by atoms with van der Waals surface area (Å²) in [5, 5.41) is 0. The molecule has 0 aromatic heterocycles. The fourth-order valence-corrected chi connectivity index (χ4v) is 1.46. The third kappa shape index (κ3) is 3.72. The van der Waals surface area contributed by atoms with Crippen molar-refractivity contribution < 1.29 is 27.1 Å². The van der Waals surface area contributed by atoms with Crippen molar-refractivity contribution in [2.45, 2.75) is 26.4 Å². The topological polar surface area (TPSA) is 26.3 Å². The van der Waals surface area contributed by atoms with Gasteiger partial charge in [-0.05, 0) is 18.6 Å². The summed E-state index contributed by atoms with van der Waals surface area (Å²) in [6.45, 7) is -1.95. The van der Waals surface area contributed by atoms with Crippen LogP contribution in [0.4, 0.5) is 17.6 Å². The Bertz CT molecular complexity index is 404. The monoisotopic (exact) mass is 250 g/mol. The van der Waals surface area contributed by atoms with Gasteiger partial charge < -0.3 is 4.74 Å². The molecular formula is C11H10F4O2. The number of halogens is 4. The third-order valence-electron chi connectivity index (χ3n) is 2.03. The Kier molecular flexibility index (Phi) is 4.48. The second-order valence-corrected chi connectivity index (χ2v) is 3.39. The average molecular weight is 250 g/mol. The van der Waals surface area contributed by atoms with Crippen LogP contribution < -0.4 is 4.74 Å². The maximum absolute atomic E-state index is 12.8. The lowest BCUT2D eigenvalue weighted by Gasteiger charge is -2.13. The van der Waals surface area contributed by atoms with Crippen LogP contribution in [0.2, 0.25) is 0 Å². The standard InChI is InChI=1S/C11H10F4O2/c1-6(16)5-7-3-2-4-8(17-11(14)15)9(7)10(12)13/h2-4,10-11H,5H2,1H3. The molecule has 1 aromatic rings. The van der Waals surface area contributed by atoms with Gasteiger partial charge in [-0.2, -0.15) is 8.78 Å². The second-order valence-electron chi connectivity index (χ2n) is 3.39. The molecule has 17 heavy (non-hydrogen) atoms. The van der Waals surface area contributed by atoms with Gasteiger partial charge in [-0.25, -0.2) is 8.78 Å². The van der Waals surface area contributed by atoms with E-state index in [0.29, 0.717) is 0 Å². The molecule has 1 aromatic carbocycles. The highest BCUT2D eigenvalue weighted by molar-refractivity contribution is 5.78. The molecule has 0 unspecified atom stereocenters. The molecule has 0 heterocycles. The minimum absolute atomic E-state index is 0.00523. The zero-order valence-corrected chi connectivity index (χ0v) is 8.92. The number of hydrogen-bond acceptors (Lipinski definition) is 2. The Morgan fingerprint density at radius 3 is 2.41 bits per heavy atom. The van der Waals surface area contributed by atoms with Gasteiger partial charge >= 0.3 is 6.61 Å². The van der Waals surface area contributed by atoms with Crippen LogP contribution in [0.3, 0.4) is 0 Å². The molecule has 6 heteroatoms. The first-order chi connectivity index (χ1) is 7.91. The molecule has 1 rings (SSSR count). The van der Waals surface area contributed by atoms with Crippen molar-refractivity contribution in [3.63, 3.8) is 0 Å². The molecule has 0 saturated heterocycles. The summed E-state index contributed by atoms with van der Waals surface area (Å²) in [7, 11) is 0. The van der Waals surface area contributed by atoms with Crippen LogP contribution in [-0.2, 0) is 11.2 Å². The van der Waals surface area contributed by atoms with Crippen molar-refractivity contribution in [1.82, 2.24) is 0 Å². The SMILES string of the molecule is CC(=O)Cc1cccc(OC(F)F)c1C(F)F. The number of Topliss-reactive ketones (excluding diaryl/α,β-unsaturated/α-hetero) is 1. The van der Waals surface area contributed by atoms with Crippen molar-refractivity contribution >= 4 is 5.78 Å². The van der Waals surface area contributed by atoms with Crippen LogP contribution in [-0.4, -0.2) is 12.4 Å². The van der Waals surface area contributed by atoms with E-state index in [1.807, 2.05) is 0 Å². The molecule has 0 N–H and O–H groups in total. The van der Waals surface area contributed by atoms with Gasteiger partial charge in [0, 0.05) is 6.42 Å². The summed E-state index contributed by atoms with van der Waals surface area (Å²) >= 11 is 0. The molecule has 0 radical (unpaired) electrons. The minimum atomic E-state index is -3.18. The zero-order chi connectivity index (χ0) is 13.0. The highest BCUT2D eigenvalue weighted by Gasteiger charge is 2.21. The molecular weight excluding hydrogens is 240 g/mol. The molecule has 0 aliphatic rings. The number of ketones is 1. The largest absolute Gasteiger partial charge is 0.434 e. The fraction of sp³-hybridized carbons (Fsp3) is 0.364. The number of benzene rings is 1. The average Bonchev–Trinajstić information content (AvgIpc) is 2.14. The molecule has 94 valence electrons. The Morgan fingerprint density at radius 1 is 1.29 bits per heavy atom. The minimum Gasteiger partial charge on any atom is -0.434 e. The van der Waals surface area contributed by atoms with Gasteiger partial charge in [0.05, 0.1) is 5.56 Å². The Balaban J connectivity index is 3.16. The number of ether oxygens (including phenoxy) is 1. The lowest BCUT2D eigenvalue weighted by atomic mass is 10.0. The molecule has 0 amide bonds. The first-order valence-corrected chi connectivity index (χ1v) is 4.76. The van der Waals surface area contributed by atoms with Crippen LogP contribution in [0.25, 0.3) is 0 Å². The molecule has 0 aliphatic carbocycles. The number of carbonyl (C=O) groups excluding carboxylic acids is 1. The molecule has 0 bridgehead atoms. The van der Waals surface area contributed by atoms with E-state index < -0.39 is 24.3 Å². The van der Waals surface area contributed by atoms with Crippen molar-refractivity contribution in [3.05, 3.63) is 29.3 Å². The predicted octanol–water partition coefficient (Wildman–Crippen LogP) is 3.36. The van der Waals surface area contributed by atoms with E-state index in [0.717, 1.165) is 6.07 Å². The van der Waals surface area contributed by atoms with Crippen LogP contribution in [0.15, 0.2) is 18.2 Å².